The second-order valence-corrected chi connectivity index (χ2v) is 7.42. The minimum absolute atomic E-state index is 0.122. The van der Waals surface area contributed by atoms with E-state index >= 15 is 0 Å². The van der Waals surface area contributed by atoms with Gasteiger partial charge in [0.25, 0.3) is 11.8 Å². The van der Waals surface area contributed by atoms with E-state index in [4.69, 9.17) is 21.1 Å². The van der Waals surface area contributed by atoms with Crippen molar-refractivity contribution in [2.45, 2.75) is 4.90 Å². The van der Waals surface area contributed by atoms with Gasteiger partial charge in [0.2, 0.25) is 5.91 Å². The highest BCUT2D eigenvalue weighted by molar-refractivity contribution is 8.00. The van der Waals surface area contributed by atoms with Crippen molar-refractivity contribution >= 4 is 52.7 Å². The number of rotatable bonds is 5. The number of benzene rings is 2. The van der Waals surface area contributed by atoms with Gasteiger partial charge in [0.15, 0.2) is 6.61 Å². The first kappa shape index (κ1) is 21.5. The molecule has 3 N–H and O–H groups in total. The molecule has 2 aromatic rings. The Morgan fingerprint density at radius 3 is 2.73 bits per heavy atom. The zero-order valence-electron chi connectivity index (χ0n) is 15.6. The molecule has 0 spiro atoms. The van der Waals surface area contributed by atoms with Crippen molar-refractivity contribution in [2.75, 3.05) is 24.8 Å². The molecule has 11 heteroatoms. The molecule has 3 amide bonds. The summed E-state index contributed by atoms with van der Waals surface area (Å²) in [4.78, 5) is 48.5. The molecule has 0 saturated carbocycles. The number of carbonyl (C=O) groups is 4. The minimum Gasteiger partial charge on any atom is -0.496 e. The van der Waals surface area contributed by atoms with E-state index in [1.165, 1.54) is 43.1 Å². The van der Waals surface area contributed by atoms with E-state index in [0.717, 1.165) is 4.90 Å². The maximum Gasteiger partial charge on any atom is 0.338 e. The maximum absolute atomic E-state index is 12.2. The lowest BCUT2D eigenvalue weighted by Crippen LogP contribution is -2.43. The second-order valence-electron chi connectivity index (χ2n) is 5.97. The summed E-state index contributed by atoms with van der Waals surface area (Å²) >= 11 is 7.23. The van der Waals surface area contributed by atoms with Gasteiger partial charge in [-0.1, -0.05) is 11.6 Å². The summed E-state index contributed by atoms with van der Waals surface area (Å²) in [6.07, 6.45) is 0. The van der Waals surface area contributed by atoms with Gasteiger partial charge in [-0.15, -0.1) is 11.8 Å². The summed E-state index contributed by atoms with van der Waals surface area (Å²) in [6, 6.07) is 9.16. The van der Waals surface area contributed by atoms with Crippen molar-refractivity contribution in [1.29, 1.82) is 0 Å². The van der Waals surface area contributed by atoms with Gasteiger partial charge in [0.1, 0.15) is 5.75 Å². The molecule has 2 aromatic carbocycles. The van der Waals surface area contributed by atoms with Crippen molar-refractivity contribution < 1.29 is 28.7 Å². The topological polar surface area (TPSA) is 123 Å². The summed E-state index contributed by atoms with van der Waals surface area (Å²) in [5.74, 6) is -1.74. The Kier molecular flexibility index (Phi) is 6.80. The average molecular weight is 450 g/mol. The third-order valence-corrected chi connectivity index (χ3v) is 5.21. The molecule has 0 radical (unpaired) electrons. The van der Waals surface area contributed by atoms with E-state index in [9.17, 15) is 19.2 Å². The quantitative estimate of drug-likeness (QED) is 0.471. The van der Waals surface area contributed by atoms with Crippen LogP contribution in [0, 0.1) is 0 Å². The molecule has 9 nitrogen and oxygen atoms in total. The number of anilines is 1. The van der Waals surface area contributed by atoms with Gasteiger partial charge >= 0.3 is 5.97 Å². The van der Waals surface area contributed by atoms with E-state index in [-0.39, 0.29) is 22.8 Å². The standard InChI is InChI=1S/C19H16ClN3O6S/c1-28-14-4-3-11(20)7-12(14)18(26)23-22-16(24)8-29-19(27)10-2-5-15-13(6-10)21-17(25)9-30-15/h2-7H,8-9H2,1H3,(H,21,25)(H,22,24)(H,23,26). The van der Waals surface area contributed by atoms with Crippen LogP contribution in [0.3, 0.4) is 0 Å². The van der Waals surface area contributed by atoms with Crippen LogP contribution < -0.4 is 20.9 Å². The fourth-order valence-electron chi connectivity index (χ4n) is 2.51. The van der Waals surface area contributed by atoms with Crippen molar-refractivity contribution in [2.24, 2.45) is 0 Å². The summed E-state index contributed by atoms with van der Waals surface area (Å²) in [7, 11) is 1.39. The molecule has 1 heterocycles. The lowest BCUT2D eigenvalue weighted by atomic mass is 10.2. The largest absolute Gasteiger partial charge is 0.496 e. The Bertz CT molecular complexity index is 1030. The van der Waals surface area contributed by atoms with Crippen LogP contribution in [-0.2, 0) is 14.3 Å². The van der Waals surface area contributed by atoms with Crippen LogP contribution in [0.2, 0.25) is 5.02 Å². The van der Waals surface area contributed by atoms with E-state index in [1.807, 2.05) is 0 Å². The lowest BCUT2D eigenvalue weighted by molar-refractivity contribution is -0.125. The number of hydrogen-bond acceptors (Lipinski definition) is 7. The molecule has 1 aliphatic rings. The second kappa shape index (κ2) is 9.51. The normalized spacial score (nSPS) is 12.3. The molecule has 0 fully saturated rings. The summed E-state index contributed by atoms with van der Waals surface area (Å²) < 4.78 is 10.0. The monoisotopic (exact) mass is 449 g/mol. The molecule has 30 heavy (non-hydrogen) atoms. The van der Waals surface area contributed by atoms with Crippen molar-refractivity contribution in [3.05, 3.63) is 52.5 Å². The molecule has 156 valence electrons. The predicted octanol–water partition coefficient (Wildman–Crippen LogP) is 2.01. The van der Waals surface area contributed by atoms with Gasteiger partial charge in [-0.05, 0) is 36.4 Å². The molecule has 0 bridgehead atoms. The first-order valence-corrected chi connectivity index (χ1v) is 9.90. The Morgan fingerprint density at radius 1 is 1.17 bits per heavy atom. The van der Waals surface area contributed by atoms with Crippen LogP contribution in [0.15, 0.2) is 41.3 Å². The first-order valence-electron chi connectivity index (χ1n) is 8.54. The van der Waals surface area contributed by atoms with Crippen molar-refractivity contribution in [3.63, 3.8) is 0 Å². The van der Waals surface area contributed by atoms with Crippen LogP contribution in [0.4, 0.5) is 5.69 Å². The van der Waals surface area contributed by atoms with Crippen molar-refractivity contribution in [3.8, 4) is 5.75 Å². The average Bonchev–Trinajstić information content (AvgIpc) is 2.75. The van der Waals surface area contributed by atoms with E-state index in [0.29, 0.717) is 16.5 Å². The Hall–Kier alpha value is -3.24. The summed E-state index contributed by atoms with van der Waals surface area (Å²) in [5, 5.41) is 2.99. The van der Waals surface area contributed by atoms with Gasteiger partial charge < -0.3 is 14.8 Å². The molecule has 0 unspecified atom stereocenters. The third kappa shape index (κ3) is 5.22. The molecule has 1 aliphatic heterocycles. The van der Waals surface area contributed by atoms with Crippen LogP contribution >= 0.6 is 23.4 Å². The van der Waals surface area contributed by atoms with Gasteiger partial charge in [0, 0.05) is 9.92 Å². The number of methoxy groups -OCH3 is 1. The number of ether oxygens (including phenoxy) is 2. The molecule has 0 aliphatic carbocycles. The number of nitrogens with one attached hydrogen (secondary N) is 3. The number of esters is 1. The number of fused-ring (bicyclic) bond motifs is 1. The summed E-state index contributed by atoms with van der Waals surface area (Å²) in [6.45, 7) is -0.621. The Morgan fingerprint density at radius 2 is 1.97 bits per heavy atom. The number of halogens is 1. The molecule has 0 saturated heterocycles. The number of amides is 3. The molecular weight excluding hydrogens is 434 g/mol. The summed E-state index contributed by atoms with van der Waals surface area (Å²) in [5.41, 5.74) is 5.14. The number of carbonyl (C=O) groups excluding carboxylic acids is 4. The molecular formula is C19H16ClN3O6S. The maximum atomic E-state index is 12.2. The molecule has 0 atom stereocenters. The van der Waals surface area contributed by atoms with E-state index in [2.05, 4.69) is 16.2 Å². The highest BCUT2D eigenvalue weighted by Crippen LogP contribution is 2.32. The van der Waals surface area contributed by atoms with E-state index in [1.54, 1.807) is 12.1 Å². The van der Waals surface area contributed by atoms with Crippen LogP contribution in [0.5, 0.6) is 5.75 Å². The first-order chi connectivity index (χ1) is 14.4. The minimum atomic E-state index is -0.750. The third-order valence-electron chi connectivity index (χ3n) is 3.90. The number of thioether (sulfide) groups is 1. The highest BCUT2D eigenvalue weighted by atomic mass is 35.5. The van der Waals surface area contributed by atoms with E-state index < -0.39 is 24.4 Å². The Labute approximate surface area is 180 Å². The zero-order chi connectivity index (χ0) is 21.7. The van der Waals surface area contributed by atoms with Crippen LogP contribution in [-0.4, -0.2) is 43.2 Å². The smallest absolute Gasteiger partial charge is 0.338 e. The lowest BCUT2D eigenvalue weighted by Gasteiger charge is -2.16. The van der Waals surface area contributed by atoms with Crippen molar-refractivity contribution in [1.82, 2.24) is 10.9 Å². The van der Waals surface area contributed by atoms with Crippen LogP contribution in [0.25, 0.3) is 0 Å². The Balaban J connectivity index is 1.52. The SMILES string of the molecule is COc1ccc(Cl)cc1C(=O)NNC(=O)COC(=O)c1ccc2c(c1)NC(=O)CS2. The van der Waals surface area contributed by atoms with Gasteiger partial charge in [-0.25, -0.2) is 4.79 Å². The molecule has 3 rings (SSSR count). The fraction of sp³-hybridized carbons (Fsp3) is 0.158. The fourth-order valence-corrected chi connectivity index (χ4v) is 3.47. The van der Waals surface area contributed by atoms with Gasteiger partial charge in [-0.3, -0.25) is 25.2 Å². The highest BCUT2D eigenvalue weighted by Gasteiger charge is 2.19. The number of hydrazine groups is 1. The van der Waals surface area contributed by atoms with Gasteiger partial charge in [-0.2, -0.15) is 0 Å². The molecule has 0 aromatic heterocycles. The number of hydrogen-bond donors (Lipinski definition) is 3. The predicted molar refractivity (Wildman–Crippen MR) is 110 cm³/mol. The van der Waals surface area contributed by atoms with Gasteiger partial charge in [0.05, 0.1) is 29.7 Å². The van der Waals surface area contributed by atoms with Crippen LogP contribution in [0.1, 0.15) is 20.7 Å². The zero-order valence-corrected chi connectivity index (χ0v) is 17.2.